The van der Waals surface area contributed by atoms with Crippen LogP contribution in [0.2, 0.25) is 0 Å². The number of benzene rings is 1. The van der Waals surface area contributed by atoms with Crippen LogP contribution in [0.5, 0.6) is 0 Å². The van der Waals surface area contributed by atoms with Crippen LogP contribution in [0.15, 0.2) is 29.2 Å². The highest BCUT2D eigenvalue weighted by Crippen LogP contribution is 2.39. The summed E-state index contributed by atoms with van der Waals surface area (Å²) in [6, 6.07) is 10.4. The van der Waals surface area contributed by atoms with Crippen molar-refractivity contribution in [2.45, 2.75) is 62.8 Å². The van der Waals surface area contributed by atoms with Gasteiger partial charge >= 0.3 is 5.97 Å². The molecule has 3 rings (SSSR count). The Kier molecular flexibility index (Phi) is 6.82. The van der Waals surface area contributed by atoms with E-state index in [0.29, 0.717) is 12.0 Å². The van der Waals surface area contributed by atoms with Crippen molar-refractivity contribution in [2.24, 2.45) is 0 Å². The average Bonchev–Trinajstić information content (AvgIpc) is 2.95. The molecule has 148 valence electrons. The maximum Gasteiger partial charge on any atom is 0.323 e. The van der Waals surface area contributed by atoms with Crippen LogP contribution in [-0.4, -0.2) is 22.8 Å². The summed E-state index contributed by atoms with van der Waals surface area (Å²) in [5, 5.41) is 19.5. The fourth-order valence-electron chi connectivity index (χ4n) is 4.31. The highest BCUT2D eigenvalue weighted by Gasteiger charge is 2.28. The van der Waals surface area contributed by atoms with E-state index in [9.17, 15) is 15.2 Å². The van der Waals surface area contributed by atoms with Gasteiger partial charge in [0.2, 0.25) is 0 Å². The van der Waals surface area contributed by atoms with Crippen molar-refractivity contribution in [3.63, 3.8) is 0 Å². The minimum atomic E-state index is -0.874. The number of aliphatic carboxylic acids is 1. The first-order valence-electron chi connectivity index (χ1n) is 9.69. The average molecular weight is 399 g/mol. The summed E-state index contributed by atoms with van der Waals surface area (Å²) in [6.45, 7) is 1.85. The van der Waals surface area contributed by atoms with Crippen LogP contribution in [-0.2, 0) is 21.9 Å². The second-order valence-electron chi connectivity index (χ2n) is 7.29. The number of aromatic nitrogens is 1. The molecule has 0 amide bonds. The molecule has 1 N–H and O–H groups in total. The lowest BCUT2D eigenvalue weighted by atomic mass is 9.84. The Bertz CT molecular complexity index is 892. The molecule has 1 aliphatic carbocycles. The highest BCUT2D eigenvalue weighted by molar-refractivity contribution is 7.94. The van der Waals surface area contributed by atoms with Crippen molar-refractivity contribution >= 4 is 18.0 Å². The van der Waals surface area contributed by atoms with E-state index in [0.717, 1.165) is 53.1 Å². The van der Waals surface area contributed by atoms with Crippen molar-refractivity contribution in [2.75, 3.05) is 7.11 Å². The molecule has 0 unspecified atom stereocenters. The standard InChI is InChI=1S/C22H26N2O3S/c1-15-18(12-17-10-6-7-11-20(17)28-27-2)19(13-23)22(24(15)14-21(25)26)16-8-4-3-5-9-16/h6-7,10-11,16H,3-5,8-9,12,14H2,1-2H3,(H,25,26). The van der Waals surface area contributed by atoms with Gasteiger partial charge < -0.3 is 13.9 Å². The molecule has 1 heterocycles. The van der Waals surface area contributed by atoms with Crippen molar-refractivity contribution in [3.8, 4) is 6.07 Å². The molecule has 5 nitrogen and oxygen atoms in total. The number of nitriles is 1. The predicted molar refractivity (Wildman–Crippen MR) is 109 cm³/mol. The monoisotopic (exact) mass is 398 g/mol. The molecular weight excluding hydrogens is 372 g/mol. The van der Waals surface area contributed by atoms with Gasteiger partial charge in [-0.3, -0.25) is 4.79 Å². The van der Waals surface area contributed by atoms with Gasteiger partial charge in [-0.25, -0.2) is 0 Å². The third-order valence-corrected chi connectivity index (χ3v) is 6.34. The number of nitrogens with zero attached hydrogens (tertiary/aromatic N) is 2. The fourth-order valence-corrected chi connectivity index (χ4v) is 4.87. The Labute approximate surface area is 170 Å². The van der Waals surface area contributed by atoms with Crippen molar-refractivity contribution in [3.05, 3.63) is 52.3 Å². The van der Waals surface area contributed by atoms with Gasteiger partial charge in [0.25, 0.3) is 0 Å². The van der Waals surface area contributed by atoms with E-state index < -0.39 is 5.97 Å². The van der Waals surface area contributed by atoms with E-state index in [4.69, 9.17) is 4.18 Å². The van der Waals surface area contributed by atoms with Gasteiger partial charge in [-0.2, -0.15) is 5.26 Å². The first-order valence-corrected chi connectivity index (χ1v) is 10.4. The lowest BCUT2D eigenvalue weighted by Crippen LogP contribution is -2.17. The molecule has 1 saturated carbocycles. The first-order chi connectivity index (χ1) is 13.6. The van der Waals surface area contributed by atoms with Crippen LogP contribution < -0.4 is 0 Å². The Morgan fingerprint density at radius 1 is 1.32 bits per heavy atom. The number of carbonyl (C=O) groups is 1. The molecule has 0 saturated heterocycles. The van der Waals surface area contributed by atoms with Gasteiger partial charge in [-0.15, -0.1) is 0 Å². The van der Waals surface area contributed by atoms with Crippen molar-refractivity contribution < 1.29 is 14.1 Å². The van der Waals surface area contributed by atoms with E-state index >= 15 is 0 Å². The molecule has 28 heavy (non-hydrogen) atoms. The normalized spacial score (nSPS) is 14.8. The number of rotatable bonds is 7. The Balaban J connectivity index is 2.09. The number of hydrogen-bond donors (Lipinski definition) is 1. The lowest BCUT2D eigenvalue weighted by Gasteiger charge is -2.24. The molecule has 0 spiro atoms. The van der Waals surface area contributed by atoms with E-state index in [-0.39, 0.29) is 12.5 Å². The van der Waals surface area contributed by atoms with Crippen LogP contribution in [0.25, 0.3) is 0 Å². The smallest absolute Gasteiger partial charge is 0.323 e. The third-order valence-electron chi connectivity index (χ3n) is 5.60. The first kappa shape index (κ1) is 20.5. The van der Waals surface area contributed by atoms with Crippen molar-refractivity contribution in [1.82, 2.24) is 4.57 Å². The number of carboxylic acids is 1. The molecule has 1 aromatic heterocycles. The zero-order valence-electron chi connectivity index (χ0n) is 16.4. The number of hydrogen-bond acceptors (Lipinski definition) is 4. The SMILES string of the molecule is COSc1ccccc1Cc1c(C#N)c(C2CCCCC2)n(CC(=O)O)c1C. The molecular formula is C22H26N2O3S. The molecule has 2 aromatic rings. The van der Waals surface area contributed by atoms with E-state index in [1.165, 1.54) is 18.5 Å². The summed E-state index contributed by atoms with van der Waals surface area (Å²) in [6.07, 6.45) is 6.12. The minimum Gasteiger partial charge on any atom is -0.480 e. The highest BCUT2D eigenvalue weighted by atomic mass is 32.2. The van der Waals surface area contributed by atoms with Gasteiger partial charge in [-0.1, -0.05) is 37.5 Å². The Morgan fingerprint density at radius 3 is 2.68 bits per heavy atom. The second kappa shape index (κ2) is 9.31. The topological polar surface area (TPSA) is 75.2 Å². The molecule has 1 fully saturated rings. The molecule has 1 aromatic carbocycles. The minimum absolute atomic E-state index is 0.0964. The van der Waals surface area contributed by atoms with Crippen LogP contribution >= 0.6 is 12.0 Å². The fraction of sp³-hybridized carbons (Fsp3) is 0.455. The Morgan fingerprint density at radius 2 is 2.04 bits per heavy atom. The van der Waals surface area contributed by atoms with E-state index in [2.05, 4.69) is 6.07 Å². The zero-order chi connectivity index (χ0) is 20.1. The molecule has 6 heteroatoms. The van der Waals surface area contributed by atoms with Gasteiger partial charge in [0.05, 0.1) is 12.7 Å². The van der Waals surface area contributed by atoms with Gasteiger partial charge in [0, 0.05) is 40.7 Å². The summed E-state index contributed by atoms with van der Waals surface area (Å²) >= 11 is 1.31. The van der Waals surface area contributed by atoms with Gasteiger partial charge in [-0.05, 0) is 37.0 Å². The van der Waals surface area contributed by atoms with Crippen molar-refractivity contribution in [1.29, 1.82) is 5.26 Å². The maximum atomic E-state index is 11.5. The third kappa shape index (κ3) is 4.26. The predicted octanol–water partition coefficient (Wildman–Crippen LogP) is 5.04. The van der Waals surface area contributed by atoms with E-state index in [1.54, 1.807) is 7.11 Å². The summed E-state index contributed by atoms with van der Waals surface area (Å²) in [5.74, 6) is -0.611. The molecule has 0 bridgehead atoms. The van der Waals surface area contributed by atoms with E-state index in [1.807, 2.05) is 35.8 Å². The molecule has 0 aliphatic heterocycles. The van der Waals surface area contributed by atoms with Crippen LogP contribution in [0, 0.1) is 18.3 Å². The number of carboxylic acid groups (broad SMARTS) is 1. The molecule has 1 aliphatic rings. The Hall–Kier alpha value is -2.23. The summed E-state index contributed by atoms with van der Waals surface area (Å²) in [4.78, 5) is 12.6. The molecule has 0 radical (unpaired) electrons. The second-order valence-corrected chi connectivity index (χ2v) is 8.23. The summed E-state index contributed by atoms with van der Waals surface area (Å²) in [7, 11) is 1.64. The quantitative estimate of drug-likeness (QED) is 0.661. The largest absolute Gasteiger partial charge is 0.480 e. The molecule has 0 atom stereocenters. The summed E-state index contributed by atoms with van der Waals surface area (Å²) in [5.41, 5.74) is 4.50. The van der Waals surface area contributed by atoms with Gasteiger partial charge in [0.1, 0.15) is 12.6 Å². The lowest BCUT2D eigenvalue weighted by molar-refractivity contribution is -0.137. The zero-order valence-corrected chi connectivity index (χ0v) is 17.2. The van der Waals surface area contributed by atoms with Crippen LogP contribution in [0.3, 0.4) is 0 Å². The van der Waals surface area contributed by atoms with Crippen LogP contribution in [0.1, 0.15) is 66.1 Å². The van der Waals surface area contributed by atoms with Crippen LogP contribution in [0.4, 0.5) is 0 Å². The maximum absolute atomic E-state index is 11.5. The van der Waals surface area contributed by atoms with Gasteiger partial charge in [0.15, 0.2) is 0 Å². The summed E-state index contributed by atoms with van der Waals surface area (Å²) < 4.78 is 7.11.